The number of carboxylic acid groups (broad SMARTS) is 2. The molecule has 0 fully saturated rings. The van der Waals surface area contributed by atoms with Gasteiger partial charge >= 0.3 is 11.9 Å². The molecule has 16 nitrogen and oxygen atoms in total. The molecule has 0 aliphatic rings. The molecule has 0 spiro atoms. The smallest absolute Gasteiger partial charge is 0.326 e. The predicted octanol–water partition coefficient (Wildman–Crippen LogP) is -0.606. The van der Waals surface area contributed by atoms with Gasteiger partial charge in [-0.05, 0) is 56.3 Å². The van der Waals surface area contributed by atoms with Crippen molar-refractivity contribution >= 4 is 41.5 Å². The van der Waals surface area contributed by atoms with Crippen LogP contribution >= 0.6 is 0 Å². The SMILES string of the molecule is CC(C)C[C@H](NC(=O)[C@H](CC(C)C)NC(=O)[C@H](CCCN=C(N)N)NC(=O)[C@H](CCC(=O)O)NC(=O)[C@@H](N)CC(C)C)C(=O)O. The van der Waals surface area contributed by atoms with E-state index in [2.05, 4.69) is 26.3 Å². The molecule has 0 aromatic heterocycles. The van der Waals surface area contributed by atoms with Crippen LogP contribution < -0.4 is 38.5 Å². The molecule has 0 aliphatic carbocycles. The minimum Gasteiger partial charge on any atom is -0.481 e. The van der Waals surface area contributed by atoms with Gasteiger partial charge in [0.1, 0.15) is 24.2 Å². The highest BCUT2D eigenvalue weighted by atomic mass is 16.4. The van der Waals surface area contributed by atoms with Gasteiger partial charge < -0.3 is 48.7 Å². The van der Waals surface area contributed by atoms with E-state index in [9.17, 15) is 39.0 Å². The minimum atomic E-state index is -1.32. The maximum atomic E-state index is 13.5. The lowest BCUT2D eigenvalue weighted by molar-refractivity contribution is -0.143. The molecule has 0 saturated carbocycles. The molecule has 0 bridgehead atoms. The number of hydrogen-bond acceptors (Lipinski definition) is 8. The summed E-state index contributed by atoms with van der Waals surface area (Å²) in [6.07, 6.45) is 0.210. The lowest BCUT2D eigenvalue weighted by Gasteiger charge is -2.27. The topological polar surface area (TPSA) is 281 Å². The van der Waals surface area contributed by atoms with Crippen LogP contribution in [0.4, 0.5) is 0 Å². The number of rotatable bonds is 22. The highest BCUT2D eigenvalue weighted by Crippen LogP contribution is 2.11. The van der Waals surface area contributed by atoms with E-state index in [0.717, 1.165) is 0 Å². The molecule has 0 saturated heterocycles. The fourth-order valence-corrected chi connectivity index (χ4v) is 4.42. The molecular weight excluding hydrogens is 588 g/mol. The standard InChI is InChI=1S/C29H54N8O8/c1-15(2)12-18(30)24(40)34-20(9-10-23(38)39)26(42)35-19(8-7-11-33-29(31)32)25(41)36-21(13-16(3)4)27(43)37-22(28(44)45)14-17(5)6/h15-22H,7-14,30H2,1-6H3,(H,34,40)(H,35,42)(H,36,41)(H,37,43)(H,38,39)(H,44,45)(H4,31,32,33)/t18-,19-,20-,21-,22-/m0/s1. The number of carbonyl (C=O) groups excluding carboxylic acids is 4. The zero-order chi connectivity index (χ0) is 34.9. The molecule has 0 radical (unpaired) electrons. The Morgan fingerprint density at radius 2 is 1.04 bits per heavy atom. The van der Waals surface area contributed by atoms with Crippen LogP contribution in [-0.4, -0.2) is 88.5 Å². The van der Waals surface area contributed by atoms with Gasteiger partial charge in [-0.3, -0.25) is 29.0 Å². The van der Waals surface area contributed by atoms with Crippen molar-refractivity contribution in [2.24, 2.45) is 39.9 Å². The van der Waals surface area contributed by atoms with Crippen molar-refractivity contribution in [1.29, 1.82) is 0 Å². The van der Waals surface area contributed by atoms with Gasteiger partial charge in [0.05, 0.1) is 6.04 Å². The van der Waals surface area contributed by atoms with Crippen LogP contribution in [-0.2, 0) is 28.8 Å². The zero-order valence-corrected chi connectivity index (χ0v) is 27.3. The Bertz CT molecular complexity index is 1030. The van der Waals surface area contributed by atoms with Crippen molar-refractivity contribution in [2.75, 3.05) is 6.54 Å². The fraction of sp³-hybridized carbons (Fsp3) is 0.759. The number of hydrogen-bond donors (Lipinski definition) is 9. The Morgan fingerprint density at radius 3 is 1.51 bits per heavy atom. The van der Waals surface area contributed by atoms with E-state index in [0.29, 0.717) is 6.42 Å². The molecule has 12 N–H and O–H groups in total. The van der Waals surface area contributed by atoms with E-state index in [1.54, 1.807) is 0 Å². The maximum Gasteiger partial charge on any atom is 0.326 e. The van der Waals surface area contributed by atoms with Crippen molar-refractivity contribution in [3.8, 4) is 0 Å². The second kappa shape index (κ2) is 20.9. The Balaban J connectivity index is 6.10. The second-order valence-corrected chi connectivity index (χ2v) is 12.5. The van der Waals surface area contributed by atoms with Crippen LogP contribution in [0.3, 0.4) is 0 Å². The maximum absolute atomic E-state index is 13.5. The summed E-state index contributed by atoms with van der Waals surface area (Å²) in [7, 11) is 0. The summed E-state index contributed by atoms with van der Waals surface area (Å²) in [5.41, 5.74) is 16.7. The summed E-state index contributed by atoms with van der Waals surface area (Å²) in [5.74, 6) is -5.50. The van der Waals surface area contributed by atoms with Crippen LogP contribution in [0.25, 0.3) is 0 Å². The predicted molar refractivity (Wildman–Crippen MR) is 168 cm³/mol. The summed E-state index contributed by atoms with van der Waals surface area (Å²) in [6, 6.07) is -5.79. The average Bonchev–Trinajstić information content (AvgIpc) is 2.90. The van der Waals surface area contributed by atoms with Crippen LogP contribution in [0.5, 0.6) is 0 Å². The number of amides is 4. The van der Waals surface area contributed by atoms with Crippen molar-refractivity contribution in [3.05, 3.63) is 0 Å². The van der Waals surface area contributed by atoms with Gasteiger partial charge in [-0.1, -0.05) is 41.5 Å². The Morgan fingerprint density at radius 1 is 0.622 bits per heavy atom. The van der Waals surface area contributed by atoms with E-state index in [4.69, 9.17) is 17.2 Å². The van der Waals surface area contributed by atoms with Crippen LogP contribution in [0.1, 0.15) is 86.5 Å². The van der Waals surface area contributed by atoms with E-state index < -0.39 is 72.2 Å². The van der Waals surface area contributed by atoms with Crippen molar-refractivity contribution in [2.45, 2.75) is 117 Å². The molecule has 0 rings (SSSR count). The first-order valence-corrected chi connectivity index (χ1v) is 15.3. The van der Waals surface area contributed by atoms with E-state index in [1.165, 1.54) is 0 Å². The molecule has 4 amide bonds. The molecule has 0 heterocycles. The number of nitrogens with one attached hydrogen (secondary N) is 4. The largest absolute Gasteiger partial charge is 0.481 e. The van der Waals surface area contributed by atoms with Crippen LogP contribution in [0, 0.1) is 17.8 Å². The monoisotopic (exact) mass is 642 g/mol. The van der Waals surface area contributed by atoms with Crippen molar-refractivity contribution < 1.29 is 39.0 Å². The molecule has 45 heavy (non-hydrogen) atoms. The Labute approximate surface area is 265 Å². The summed E-state index contributed by atoms with van der Waals surface area (Å²) < 4.78 is 0. The third-order valence-corrected chi connectivity index (χ3v) is 6.58. The molecule has 0 aromatic carbocycles. The number of aliphatic imine (C=N–C) groups is 1. The number of nitrogens with zero attached hydrogens (tertiary/aromatic N) is 1. The van der Waals surface area contributed by atoms with Gasteiger partial charge in [0.25, 0.3) is 0 Å². The summed E-state index contributed by atoms with van der Waals surface area (Å²) >= 11 is 0. The van der Waals surface area contributed by atoms with Crippen molar-refractivity contribution in [3.63, 3.8) is 0 Å². The molecule has 5 atom stereocenters. The number of aliphatic carboxylic acids is 2. The first-order valence-electron chi connectivity index (χ1n) is 15.3. The molecule has 0 aromatic rings. The summed E-state index contributed by atoms with van der Waals surface area (Å²) in [5, 5.41) is 28.9. The van der Waals surface area contributed by atoms with Gasteiger partial charge in [-0.2, -0.15) is 0 Å². The van der Waals surface area contributed by atoms with Gasteiger partial charge in [0.15, 0.2) is 5.96 Å². The van der Waals surface area contributed by atoms with E-state index in [1.807, 2.05) is 41.5 Å². The normalized spacial score (nSPS) is 14.5. The van der Waals surface area contributed by atoms with Gasteiger partial charge in [-0.15, -0.1) is 0 Å². The van der Waals surface area contributed by atoms with Gasteiger partial charge in [0.2, 0.25) is 23.6 Å². The molecule has 0 unspecified atom stereocenters. The van der Waals surface area contributed by atoms with Gasteiger partial charge in [-0.25, -0.2) is 4.79 Å². The van der Waals surface area contributed by atoms with Crippen LogP contribution in [0.2, 0.25) is 0 Å². The quantitative estimate of drug-likeness (QED) is 0.0408. The second-order valence-electron chi connectivity index (χ2n) is 12.5. The highest BCUT2D eigenvalue weighted by Gasteiger charge is 2.32. The average molecular weight is 643 g/mol. The lowest BCUT2D eigenvalue weighted by Crippen LogP contribution is -2.58. The molecule has 258 valence electrons. The lowest BCUT2D eigenvalue weighted by atomic mass is 9.99. The minimum absolute atomic E-state index is 0.0158. The van der Waals surface area contributed by atoms with Crippen LogP contribution in [0.15, 0.2) is 4.99 Å². The Hall–Kier alpha value is -3.95. The van der Waals surface area contributed by atoms with Gasteiger partial charge in [0, 0.05) is 13.0 Å². The Kier molecular flexibility index (Phi) is 19.1. The molecule has 0 aliphatic heterocycles. The number of carbonyl (C=O) groups is 6. The summed E-state index contributed by atoms with van der Waals surface area (Å²) in [4.78, 5) is 79.6. The molecule has 16 heteroatoms. The molecular formula is C29H54N8O8. The van der Waals surface area contributed by atoms with E-state index >= 15 is 0 Å². The third-order valence-electron chi connectivity index (χ3n) is 6.58. The van der Waals surface area contributed by atoms with Crippen molar-refractivity contribution in [1.82, 2.24) is 21.3 Å². The number of guanidine groups is 1. The first kappa shape index (κ1) is 41.0. The number of carboxylic acids is 2. The third kappa shape index (κ3) is 18.5. The fourth-order valence-electron chi connectivity index (χ4n) is 4.42. The zero-order valence-electron chi connectivity index (χ0n) is 27.3. The summed E-state index contributed by atoms with van der Waals surface area (Å²) in [6.45, 7) is 11.1. The number of nitrogens with two attached hydrogens (primary N) is 3. The van der Waals surface area contributed by atoms with E-state index in [-0.39, 0.29) is 62.4 Å². The first-order chi connectivity index (χ1) is 20.8. The highest BCUT2D eigenvalue weighted by molar-refractivity contribution is 5.95.